The fraction of sp³-hybridized carbons (Fsp3) is 0.286. The molecule has 20 heavy (non-hydrogen) atoms. The number of nitrogens with one attached hydrogen (secondary N) is 1. The summed E-state index contributed by atoms with van der Waals surface area (Å²) in [7, 11) is 0. The molecule has 1 saturated heterocycles. The normalized spacial score (nSPS) is 29.1. The maximum atomic E-state index is 11.8. The lowest BCUT2D eigenvalue weighted by molar-refractivity contribution is -0.140. The molecule has 2 unspecified atom stereocenters. The molecular formula is C14H11N3O3. The Labute approximate surface area is 115 Å². The number of hydrogen-bond acceptors (Lipinski definition) is 5. The smallest absolute Gasteiger partial charge is 0.244 e. The third kappa shape index (κ3) is 1.79. The lowest BCUT2D eigenvalue weighted by Gasteiger charge is -2.39. The van der Waals surface area contributed by atoms with Crippen molar-refractivity contribution in [3.05, 3.63) is 29.8 Å². The Balaban J connectivity index is 2.65. The first-order chi connectivity index (χ1) is 9.44. The van der Waals surface area contributed by atoms with Crippen LogP contribution in [-0.2, 0) is 15.0 Å². The van der Waals surface area contributed by atoms with Gasteiger partial charge in [-0.3, -0.25) is 14.9 Å². The highest BCUT2D eigenvalue weighted by Gasteiger charge is 2.54. The van der Waals surface area contributed by atoms with E-state index in [9.17, 15) is 25.2 Å². The summed E-state index contributed by atoms with van der Waals surface area (Å²) in [5.74, 6) is -3.71. The second-order valence-electron chi connectivity index (χ2n) is 4.81. The first kappa shape index (κ1) is 13.6. The number of hydrogen-bond donors (Lipinski definition) is 2. The van der Waals surface area contributed by atoms with Crippen LogP contribution in [-0.4, -0.2) is 16.9 Å². The first-order valence-corrected chi connectivity index (χ1v) is 5.88. The molecule has 1 heterocycles. The van der Waals surface area contributed by atoms with E-state index in [2.05, 4.69) is 0 Å². The number of carbonyl (C=O) groups excluding carboxylic acids is 2. The predicted molar refractivity (Wildman–Crippen MR) is 66.8 cm³/mol. The largest absolute Gasteiger partial charge is 0.508 e. The van der Waals surface area contributed by atoms with Crippen LogP contribution in [0.15, 0.2) is 24.3 Å². The second-order valence-corrected chi connectivity index (χ2v) is 4.81. The Morgan fingerprint density at radius 3 is 1.95 bits per heavy atom. The number of rotatable bonds is 1. The van der Waals surface area contributed by atoms with Crippen molar-refractivity contribution in [2.45, 2.75) is 12.3 Å². The molecule has 1 aromatic carbocycles. The minimum Gasteiger partial charge on any atom is -0.508 e. The number of amides is 2. The topological polar surface area (TPSA) is 114 Å². The van der Waals surface area contributed by atoms with Gasteiger partial charge < -0.3 is 5.11 Å². The fourth-order valence-electron chi connectivity index (χ4n) is 2.52. The molecule has 1 fully saturated rings. The zero-order chi connectivity index (χ0) is 14.9. The van der Waals surface area contributed by atoms with E-state index in [1.165, 1.54) is 31.2 Å². The summed E-state index contributed by atoms with van der Waals surface area (Å²) in [6, 6.07) is 9.53. The van der Waals surface area contributed by atoms with Gasteiger partial charge in [-0.15, -0.1) is 0 Å². The number of nitriles is 2. The number of imide groups is 1. The number of aromatic hydroxyl groups is 1. The molecule has 0 aliphatic carbocycles. The Morgan fingerprint density at radius 2 is 1.55 bits per heavy atom. The Kier molecular flexibility index (Phi) is 3.17. The number of nitrogens with zero attached hydrogens (tertiary/aromatic N) is 2. The van der Waals surface area contributed by atoms with Crippen LogP contribution >= 0.6 is 0 Å². The molecule has 0 radical (unpaired) electrons. The van der Waals surface area contributed by atoms with Crippen molar-refractivity contribution in [2.24, 2.45) is 11.8 Å². The average molecular weight is 269 g/mol. The molecule has 0 spiro atoms. The minimum absolute atomic E-state index is 0.0194. The summed E-state index contributed by atoms with van der Waals surface area (Å²) in [6.45, 7) is 1.54. The van der Waals surface area contributed by atoms with Crippen LogP contribution in [0.25, 0.3) is 0 Å². The van der Waals surface area contributed by atoms with Crippen molar-refractivity contribution in [3.63, 3.8) is 0 Å². The van der Waals surface area contributed by atoms with Crippen molar-refractivity contribution in [3.8, 4) is 17.9 Å². The molecule has 0 bridgehead atoms. The Hall–Kier alpha value is -2.86. The molecule has 0 aromatic heterocycles. The molecule has 1 aliphatic rings. The van der Waals surface area contributed by atoms with E-state index >= 15 is 0 Å². The lowest BCUT2D eigenvalue weighted by atomic mass is 9.62. The monoisotopic (exact) mass is 269 g/mol. The summed E-state index contributed by atoms with van der Waals surface area (Å²) in [5, 5.41) is 29.8. The van der Waals surface area contributed by atoms with Gasteiger partial charge in [0.15, 0.2) is 0 Å². The molecule has 1 aliphatic heterocycles. The van der Waals surface area contributed by atoms with Crippen molar-refractivity contribution in [1.29, 1.82) is 10.5 Å². The first-order valence-electron chi connectivity index (χ1n) is 5.88. The maximum absolute atomic E-state index is 11.8. The fourth-order valence-corrected chi connectivity index (χ4v) is 2.52. The number of piperidine rings is 1. The lowest BCUT2D eigenvalue weighted by Crippen LogP contribution is -2.58. The number of carbonyl (C=O) groups is 2. The summed E-state index contributed by atoms with van der Waals surface area (Å²) in [4.78, 5) is 23.7. The molecule has 2 rings (SSSR count). The summed E-state index contributed by atoms with van der Waals surface area (Å²) < 4.78 is 0. The standard InChI is InChI=1S/C14H11N3O3/c1-14(8-2-4-9(18)5-3-8)10(6-15)12(19)17-13(20)11(14)7-16/h2-5,10-11,18H,1H3,(H,17,19,20). The minimum atomic E-state index is -1.25. The van der Waals surface area contributed by atoms with Gasteiger partial charge in [-0.2, -0.15) is 10.5 Å². The van der Waals surface area contributed by atoms with Crippen LogP contribution in [0, 0.1) is 34.5 Å². The third-order valence-electron chi connectivity index (χ3n) is 3.72. The highest BCUT2D eigenvalue weighted by molar-refractivity contribution is 6.04. The van der Waals surface area contributed by atoms with Gasteiger partial charge in [-0.05, 0) is 17.7 Å². The molecule has 6 nitrogen and oxygen atoms in total. The molecule has 0 saturated carbocycles. The zero-order valence-electron chi connectivity index (χ0n) is 10.6. The van der Waals surface area contributed by atoms with E-state index in [1.54, 1.807) is 0 Å². The van der Waals surface area contributed by atoms with E-state index in [1.807, 2.05) is 17.5 Å². The third-order valence-corrected chi connectivity index (χ3v) is 3.72. The van der Waals surface area contributed by atoms with Crippen molar-refractivity contribution in [2.75, 3.05) is 0 Å². The van der Waals surface area contributed by atoms with Gasteiger partial charge in [0.25, 0.3) is 0 Å². The number of phenolic OH excluding ortho intramolecular Hbond substituents is 1. The van der Waals surface area contributed by atoms with Crippen molar-refractivity contribution in [1.82, 2.24) is 5.32 Å². The van der Waals surface area contributed by atoms with Gasteiger partial charge >= 0.3 is 0 Å². The van der Waals surface area contributed by atoms with Crippen LogP contribution in [0.1, 0.15) is 12.5 Å². The van der Waals surface area contributed by atoms with Crippen LogP contribution in [0.4, 0.5) is 0 Å². The van der Waals surface area contributed by atoms with E-state index in [-0.39, 0.29) is 5.75 Å². The zero-order valence-corrected chi connectivity index (χ0v) is 10.6. The highest BCUT2D eigenvalue weighted by Crippen LogP contribution is 2.42. The quantitative estimate of drug-likeness (QED) is 0.724. The van der Waals surface area contributed by atoms with Crippen LogP contribution < -0.4 is 5.32 Å². The SMILES string of the molecule is CC1(c2ccc(O)cc2)C(C#N)C(=O)NC(=O)C1C#N. The second kappa shape index (κ2) is 4.67. The molecule has 100 valence electrons. The molecule has 6 heteroatoms. The number of phenols is 1. The van der Waals surface area contributed by atoms with Crippen LogP contribution in [0.5, 0.6) is 5.75 Å². The molecular weight excluding hydrogens is 258 g/mol. The van der Waals surface area contributed by atoms with Gasteiger partial charge in [0.2, 0.25) is 11.8 Å². The van der Waals surface area contributed by atoms with Gasteiger partial charge in [-0.25, -0.2) is 0 Å². The molecule has 1 aromatic rings. The van der Waals surface area contributed by atoms with Gasteiger partial charge in [0, 0.05) is 5.41 Å². The molecule has 2 amide bonds. The predicted octanol–water partition coefficient (Wildman–Crippen LogP) is 0.586. The summed E-state index contributed by atoms with van der Waals surface area (Å²) in [6.07, 6.45) is 0. The highest BCUT2D eigenvalue weighted by atomic mass is 16.3. The molecule has 2 N–H and O–H groups in total. The molecule has 2 atom stereocenters. The van der Waals surface area contributed by atoms with E-state index in [0.717, 1.165) is 0 Å². The van der Waals surface area contributed by atoms with E-state index in [4.69, 9.17) is 0 Å². The Morgan fingerprint density at radius 1 is 1.10 bits per heavy atom. The van der Waals surface area contributed by atoms with Crippen LogP contribution in [0.2, 0.25) is 0 Å². The van der Waals surface area contributed by atoms with Crippen molar-refractivity contribution < 1.29 is 14.7 Å². The van der Waals surface area contributed by atoms with E-state index < -0.39 is 29.1 Å². The van der Waals surface area contributed by atoms with Gasteiger partial charge in [-0.1, -0.05) is 19.1 Å². The van der Waals surface area contributed by atoms with E-state index in [0.29, 0.717) is 5.56 Å². The maximum Gasteiger partial charge on any atom is 0.244 e. The van der Waals surface area contributed by atoms with Crippen LogP contribution in [0.3, 0.4) is 0 Å². The summed E-state index contributed by atoms with van der Waals surface area (Å²) >= 11 is 0. The summed E-state index contributed by atoms with van der Waals surface area (Å²) in [5.41, 5.74) is -0.770. The Bertz CT molecular complexity index is 620. The van der Waals surface area contributed by atoms with Gasteiger partial charge in [0.1, 0.15) is 17.6 Å². The average Bonchev–Trinajstić information content (AvgIpc) is 2.39. The number of benzene rings is 1. The van der Waals surface area contributed by atoms with Gasteiger partial charge in [0.05, 0.1) is 12.1 Å². The van der Waals surface area contributed by atoms with Crippen molar-refractivity contribution >= 4 is 11.8 Å².